The molecule has 0 saturated heterocycles. The van der Waals surface area contributed by atoms with Gasteiger partial charge >= 0.3 is 0 Å². The Balaban J connectivity index is 2.88. The molecule has 0 aromatic rings. The van der Waals surface area contributed by atoms with Crippen LogP contribution in [0.4, 0.5) is 0 Å². The minimum absolute atomic E-state index is 0.108. The molecule has 0 aromatic heterocycles. The molecule has 0 aromatic carbocycles. The molecule has 56 valence electrons. The molecule has 0 radical (unpaired) electrons. The third-order valence-corrected chi connectivity index (χ3v) is 1.62. The fourth-order valence-corrected chi connectivity index (χ4v) is 0.632. The quantitative estimate of drug-likeness (QED) is 0.430. The van der Waals surface area contributed by atoms with Crippen molar-refractivity contribution in [1.29, 1.82) is 0 Å². The van der Waals surface area contributed by atoms with Gasteiger partial charge in [0.2, 0.25) is 0 Å². The monoisotopic (exact) mass is 131 g/mol. The lowest BCUT2D eigenvalue weighted by Gasteiger charge is -2.06. The maximum Gasteiger partial charge on any atom is 0.0931 e. The molecule has 2 heteroatoms. The van der Waals surface area contributed by atoms with E-state index in [0.717, 1.165) is 18.9 Å². The van der Waals surface area contributed by atoms with Crippen LogP contribution in [-0.2, 0) is 0 Å². The normalized spacial score (nSPS) is 13.7. The maximum atomic E-state index is 8.34. The lowest BCUT2D eigenvalue weighted by Crippen LogP contribution is -2.17. The highest BCUT2D eigenvalue weighted by Gasteiger charge is 1.95. The summed E-state index contributed by atoms with van der Waals surface area (Å²) >= 11 is 0. The highest BCUT2D eigenvalue weighted by Crippen LogP contribution is 2.03. The van der Waals surface area contributed by atoms with Gasteiger partial charge in [-0.2, -0.15) is 0 Å². The van der Waals surface area contributed by atoms with Gasteiger partial charge in [0.15, 0.2) is 0 Å². The Morgan fingerprint density at radius 1 is 1.56 bits per heavy atom. The van der Waals surface area contributed by atoms with Gasteiger partial charge in [-0.1, -0.05) is 20.3 Å². The molecule has 2 nitrogen and oxygen atoms in total. The number of rotatable bonds is 5. The Morgan fingerprint density at radius 2 is 2.22 bits per heavy atom. The molecule has 1 atom stereocenters. The van der Waals surface area contributed by atoms with E-state index in [2.05, 4.69) is 19.2 Å². The van der Waals surface area contributed by atoms with Gasteiger partial charge in [0.05, 0.1) is 6.73 Å². The van der Waals surface area contributed by atoms with E-state index in [4.69, 9.17) is 5.11 Å². The SMILES string of the molecule is CCC(C)CCNCO. The summed E-state index contributed by atoms with van der Waals surface area (Å²) in [6.07, 6.45) is 2.39. The second-order valence-electron chi connectivity index (χ2n) is 2.46. The van der Waals surface area contributed by atoms with Crippen LogP contribution in [0, 0.1) is 5.92 Å². The molecule has 1 unspecified atom stereocenters. The third-order valence-electron chi connectivity index (χ3n) is 1.62. The lowest BCUT2D eigenvalue weighted by molar-refractivity contribution is 0.256. The van der Waals surface area contributed by atoms with Crippen molar-refractivity contribution < 1.29 is 5.11 Å². The molecule has 0 aliphatic rings. The molecule has 0 aliphatic heterocycles. The number of hydrogen-bond donors (Lipinski definition) is 2. The summed E-state index contributed by atoms with van der Waals surface area (Å²) in [5.41, 5.74) is 0. The predicted octanol–water partition coefficient (Wildman–Crippen LogP) is 0.962. The molecule has 0 amide bonds. The van der Waals surface area contributed by atoms with Crippen molar-refractivity contribution in [2.24, 2.45) is 5.92 Å². The van der Waals surface area contributed by atoms with Gasteiger partial charge in [0.1, 0.15) is 0 Å². The Labute approximate surface area is 57.3 Å². The summed E-state index contributed by atoms with van der Waals surface area (Å²) < 4.78 is 0. The summed E-state index contributed by atoms with van der Waals surface area (Å²) in [6, 6.07) is 0. The van der Waals surface area contributed by atoms with Crippen LogP contribution in [0.5, 0.6) is 0 Å². The van der Waals surface area contributed by atoms with E-state index < -0.39 is 0 Å². The zero-order chi connectivity index (χ0) is 7.11. The minimum Gasteiger partial charge on any atom is -0.381 e. The van der Waals surface area contributed by atoms with Gasteiger partial charge in [0.25, 0.3) is 0 Å². The van der Waals surface area contributed by atoms with Crippen molar-refractivity contribution in [3.8, 4) is 0 Å². The fourth-order valence-electron chi connectivity index (χ4n) is 0.632. The lowest BCUT2D eigenvalue weighted by atomic mass is 10.1. The largest absolute Gasteiger partial charge is 0.381 e. The summed E-state index contributed by atoms with van der Waals surface area (Å²) in [5, 5.41) is 11.2. The van der Waals surface area contributed by atoms with Crippen molar-refractivity contribution >= 4 is 0 Å². The first kappa shape index (κ1) is 8.92. The molecule has 2 N–H and O–H groups in total. The number of nitrogens with one attached hydrogen (secondary N) is 1. The molecule has 0 aliphatic carbocycles. The van der Waals surface area contributed by atoms with Gasteiger partial charge in [-0.25, -0.2) is 0 Å². The van der Waals surface area contributed by atoms with Crippen LogP contribution in [0.15, 0.2) is 0 Å². The topological polar surface area (TPSA) is 32.3 Å². The zero-order valence-corrected chi connectivity index (χ0v) is 6.35. The smallest absolute Gasteiger partial charge is 0.0931 e. The summed E-state index contributed by atoms with van der Waals surface area (Å²) in [7, 11) is 0. The van der Waals surface area contributed by atoms with Crippen LogP contribution >= 0.6 is 0 Å². The third kappa shape index (κ3) is 5.80. The molecular formula is C7H17NO. The molecule has 0 spiro atoms. The standard InChI is InChI=1S/C7H17NO/c1-3-7(2)4-5-8-6-9/h7-9H,3-6H2,1-2H3. The minimum atomic E-state index is 0.108. The van der Waals surface area contributed by atoms with Gasteiger partial charge in [-0.15, -0.1) is 0 Å². The zero-order valence-electron chi connectivity index (χ0n) is 6.35. The van der Waals surface area contributed by atoms with E-state index >= 15 is 0 Å². The fraction of sp³-hybridized carbons (Fsp3) is 1.00. The van der Waals surface area contributed by atoms with Crippen molar-refractivity contribution in [3.63, 3.8) is 0 Å². The van der Waals surface area contributed by atoms with E-state index in [-0.39, 0.29) is 6.73 Å². The highest BCUT2D eigenvalue weighted by molar-refractivity contribution is 4.50. The van der Waals surface area contributed by atoms with E-state index in [9.17, 15) is 0 Å². The van der Waals surface area contributed by atoms with Crippen molar-refractivity contribution in [2.45, 2.75) is 26.7 Å². The van der Waals surface area contributed by atoms with Crippen LogP contribution in [0.1, 0.15) is 26.7 Å². The number of hydrogen-bond acceptors (Lipinski definition) is 2. The van der Waals surface area contributed by atoms with E-state index in [0.29, 0.717) is 0 Å². The summed E-state index contributed by atoms with van der Waals surface area (Å²) in [4.78, 5) is 0. The predicted molar refractivity (Wildman–Crippen MR) is 39.2 cm³/mol. The van der Waals surface area contributed by atoms with Crippen LogP contribution in [0.25, 0.3) is 0 Å². The van der Waals surface area contributed by atoms with E-state index in [1.807, 2.05) is 0 Å². The van der Waals surface area contributed by atoms with Gasteiger partial charge in [-0.3, -0.25) is 5.32 Å². The second kappa shape index (κ2) is 6.05. The van der Waals surface area contributed by atoms with Crippen molar-refractivity contribution in [2.75, 3.05) is 13.3 Å². The molecule has 0 heterocycles. The van der Waals surface area contributed by atoms with Crippen LogP contribution in [0.2, 0.25) is 0 Å². The molecule has 9 heavy (non-hydrogen) atoms. The van der Waals surface area contributed by atoms with Crippen molar-refractivity contribution in [1.82, 2.24) is 5.32 Å². The van der Waals surface area contributed by atoms with Gasteiger partial charge in [0, 0.05) is 0 Å². The molecule has 0 saturated carbocycles. The van der Waals surface area contributed by atoms with Crippen molar-refractivity contribution in [3.05, 3.63) is 0 Å². The summed E-state index contributed by atoms with van der Waals surface area (Å²) in [6.45, 7) is 5.45. The maximum absolute atomic E-state index is 8.34. The number of aliphatic hydroxyl groups excluding tert-OH is 1. The van der Waals surface area contributed by atoms with Crippen LogP contribution in [-0.4, -0.2) is 18.4 Å². The summed E-state index contributed by atoms with van der Waals surface area (Å²) in [5.74, 6) is 0.782. The first-order valence-electron chi connectivity index (χ1n) is 3.62. The molecular weight excluding hydrogens is 114 g/mol. The highest BCUT2D eigenvalue weighted by atomic mass is 16.3. The average molecular weight is 131 g/mol. The average Bonchev–Trinajstić information content (AvgIpc) is 1.89. The Hall–Kier alpha value is -0.0800. The van der Waals surface area contributed by atoms with E-state index in [1.165, 1.54) is 6.42 Å². The first-order valence-corrected chi connectivity index (χ1v) is 3.62. The van der Waals surface area contributed by atoms with Crippen LogP contribution < -0.4 is 5.32 Å². The Kier molecular flexibility index (Phi) is 5.99. The van der Waals surface area contributed by atoms with Gasteiger partial charge in [-0.05, 0) is 18.9 Å². The number of aliphatic hydroxyl groups is 1. The molecule has 0 bridgehead atoms. The Morgan fingerprint density at radius 3 is 2.67 bits per heavy atom. The first-order chi connectivity index (χ1) is 4.31. The van der Waals surface area contributed by atoms with Crippen LogP contribution in [0.3, 0.4) is 0 Å². The van der Waals surface area contributed by atoms with E-state index in [1.54, 1.807) is 0 Å². The Bertz CT molecular complexity index is 56.9. The van der Waals surface area contributed by atoms with Gasteiger partial charge < -0.3 is 5.11 Å². The molecule has 0 rings (SSSR count). The molecule has 0 fully saturated rings. The second-order valence-corrected chi connectivity index (χ2v) is 2.46.